The lowest BCUT2D eigenvalue weighted by Gasteiger charge is -2.29. The molecule has 0 unspecified atom stereocenters. The van der Waals surface area contributed by atoms with Gasteiger partial charge in [-0.1, -0.05) is 0 Å². The van der Waals surface area contributed by atoms with Crippen molar-refractivity contribution in [3.63, 3.8) is 0 Å². The van der Waals surface area contributed by atoms with E-state index in [0.29, 0.717) is 37.6 Å². The molecule has 20 heavy (non-hydrogen) atoms. The predicted octanol–water partition coefficient (Wildman–Crippen LogP) is 3.01. The fourth-order valence-electron chi connectivity index (χ4n) is 2.27. The monoisotopic (exact) mass is 287 g/mol. The number of hydrogen-bond acceptors (Lipinski definition) is 3. The number of halogens is 1. The van der Waals surface area contributed by atoms with E-state index in [4.69, 9.17) is 4.74 Å². The average Bonchev–Trinajstić information content (AvgIpc) is 2.34. The normalized spacial score (nSPS) is 21.0. The van der Waals surface area contributed by atoms with Gasteiger partial charge in [-0.15, -0.1) is 0 Å². The fraction of sp³-hybridized carbons (Fsp3) is 0.714. The Bertz CT molecular complexity index is 390. The third-order valence-electron chi connectivity index (χ3n) is 3.24. The second kappa shape index (κ2) is 6.72. The maximum atomic E-state index is 12.4. The smallest absolute Gasteiger partial charge is 0.408 e. The lowest BCUT2D eigenvalue weighted by atomic mass is 9.82. The van der Waals surface area contributed by atoms with Crippen LogP contribution in [0.3, 0.4) is 0 Å². The summed E-state index contributed by atoms with van der Waals surface area (Å²) in [5.41, 5.74) is 0.0202. The Morgan fingerprint density at radius 2 is 1.95 bits per heavy atom. The summed E-state index contributed by atoms with van der Waals surface area (Å²) in [6, 6.07) is -0.994. The summed E-state index contributed by atoms with van der Waals surface area (Å²) in [4.78, 5) is 23.0. The first kappa shape index (κ1) is 16.5. The fourth-order valence-corrected chi connectivity index (χ4v) is 2.27. The van der Waals surface area contributed by atoms with Gasteiger partial charge in [0.15, 0.2) is 0 Å². The number of amides is 1. The Balaban J connectivity index is 2.62. The molecule has 2 N–H and O–H groups in total. The van der Waals surface area contributed by atoms with Crippen molar-refractivity contribution in [1.82, 2.24) is 5.32 Å². The molecule has 5 nitrogen and oxygen atoms in total. The van der Waals surface area contributed by atoms with Crippen molar-refractivity contribution in [2.45, 2.75) is 58.1 Å². The van der Waals surface area contributed by atoms with Crippen LogP contribution in [0.4, 0.5) is 9.18 Å². The molecule has 0 saturated heterocycles. The van der Waals surface area contributed by atoms with Gasteiger partial charge in [0.05, 0.1) is 6.33 Å². The van der Waals surface area contributed by atoms with Gasteiger partial charge in [-0.25, -0.2) is 14.0 Å². The SMILES string of the molecule is CC(C)(C)OC(=O)N[C@H](C(=O)O)C1CCC(=CF)CC1. The molecule has 1 atom stereocenters. The molecule has 0 aromatic heterocycles. The molecule has 1 rings (SSSR count). The van der Waals surface area contributed by atoms with Gasteiger partial charge < -0.3 is 15.2 Å². The molecular weight excluding hydrogens is 265 g/mol. The van der Waals surface area contributed by atoms with Crippen molar-refractivity contribution in [2.24, 2.45) is 5.92 Å². The molecular formula is C14H22FNO4. The zero-order chi connectivity index (χ0) is 15.3. The van der Waals surface area contributed by atoms with Crippen LogP contribution in [0.1, 0.15) is 46.5 Å². The van der Waals surface area contributed by atoms with Gasteiger partial charge in [-0.2, -0.15) is 0 Å². The summed E-state index contributed by atoms with van der Waals surface area (Å²) in [7, 11) is 0. The molecule has 0 aromatic rings. The van der Waals surface area contributed by atoms with Crippen LogP contribution in [0, 0.1) is 5.92 Å². The van der Waals surface area contributed by atoms with Crippen LogP contribution in [-0.2, 0) is 9.53 Å². The van der Waals surface area contributed by atoms with E-state index >= 15 is 0 Å². The molecule has 1 aliphatic carbocycles. The lowest BCUT2D eigenvalue weighted by Crippen LogP contribution is -2.48. The van der Waals surface area contributed by atoms with E-state index in [1.807, 2.05) is 0 Å². The summed E-state index contributed by atoms with van der Waals surface area (Å²) in [6.45, 7) is 5.13. The number of carbonyl (C=O) groups excluding carboxylic acids is 1. The van der Waals surface area contributed by atoms with Gasteiger partial charge in [0.2, 0.25) is 0 Å². The second-order valence-corrected chi connectivity index (χ2v) is 6.07. The molecule has 114 valence electrons. The van der Waals surface area contributed by atoms with E-state index in [9.17, 15) is 19.1 Å². The van der Waals surface area contributed by atoms with Crippen LogP contribution in [-0.4, -0.2) is 28.8 Å². The van der Waals surface area contributed by atoms with Crippen molar-refractivity contribution in [3.8, 4) is 0 Å². The number of rotatable bonds is 3. The number of ether oxygens (including phenoxy) is 1. The minimum atomic E-state index is -1.09. The maximum Gasteiger partial charge on any atom is 0.408 e. The molecule has 0 aromatic carbocycles. The Labute approximate surface area is 118 Å². The largest absolute Gasteiger partial charge is 0.480 e. The highest BCUT2D eigenvalue weighted by Crippen LogP contribution is 2.30. The van der Waals surface area contributed by atoms with Gasteiger partial charge in [-0.05, 0) is 57.9 Å². The highest BCUT2D eigenvalue weighted by molar-refractivity contribution is 5.80. The van der Waals surface area contributed by atoms with E-state index < -0.39 is 23.7 Å². The zero-order valence-corrected chi connectivity index (χ0v) is 12.1. The minimum Gasteiger partial charge on any atom is -0.480 e. The molecule has 0 radical (unpaired) electrons. The van der Waals surface area contributed by atoms with Crippen molar-refractivity contribution >= 4 is 12.1 Å². The molecule has 0 aliphatic heterocycles. The van der Waals surface area contributed by atoms with Crippen LogP contribution >= 0.6 is 0 Å². The van der Waals surface area contributed by atoms with E-state index in [1.165, 1.54) is 0 Å². The molecule has 1 fully saturated rings. The van der Waals surface area contributed by atoms with Crippen LogP contribution in [0.15, 0.2) is 11.9 Å². The number of hydrogen-bond donors (Lipinski definition) is 2. The van der Waals surface area contributed by atoms with Gasteiger partial charge in [0, 0.05) is 0 Å². The molecule has 0 spiro atoms. The Morgan fingerprint density at radius 3 is 2.35 bits per heavy atom. The first-order valence-corrected chi connectivity index (χ1v) is 6.73. The van der Waals surface area contributed by atoms with Gasteiger partial charge in [-0.3, -0.25) is 0 Å². The number of carboxylic acid groups (broad SMARTS) is 1. The number of carboxylic acids is 1. The second-order valence-electron chi connectivity index (χ2n) is 6.07. The summed E-state index contributed by atoms with van der Waals surface area (Å²) < 4.78 is 17.5. The van der Waals surface area contributed by atoms with Crippen LogP contribution in [0.25, 0.3) is 0 Å². The molecule has 1 saturated carbocycles. The third kappa shape index (κ3) is 5.19. The highest BCUT2D eigenvalue weighted by Gasteiger charge is 2.33. The Morgan fingerprint density at radius 1 is 1.40 bits per heavy atom. The molecule has 6 heteroatoms. The van der Waals surface area contributed by atoms with Crippen molar-refractivity contribution in [1.29, 1.82) is 0 Å². The Kier molecular flexibility index (Phi) is 5.53. The van der Waals surface area contributed by atoms with E-state index in [2.05, 4.69) is 5.32 Å². The average molecular weight is 287 g/mol. The van der Waals surface area contributed by atoms with E-state index in [0.717, 1.165) is 0 Å². The number of aliphatic carboxylic acids is 1. The summed E-state index contributed by atoms with van der Waals surface area (Å²) in [6.07, 6.45) is 2.00. The predicted molar refractivity (Wildman–Crippen MR) is 71.9 cm³/mol. The molecule has 0 bridgehead atoms. The standard InChI is InChI=1S/C14H22FNO4/c1-14(2,3)20-13(19)16-11(12(17)18)10-6-4-9(8-15)5-7-10/h8,10-11H,4-7H2,1-3H3,(H,16,19)(H,17,18)/t10?,11-/m0/s1. The third-order valence-corrected chi connectivity index (χ3v) is 3.24. The first-order valence-electron chi connectivity index (χ1n) is 6.73. The number of alkyl carbamates (subject to hydrolysis) is 1. The highest BCUT2D eigenvalue weighted by atomic mass is 19.1. The summed E-state index contributed by atoms with van der Waals surface area (Å²) in [5.74, 6) is -1.29. The van der Waals surface area contributed by atoms with Crippen molar-refractivity contribution in [3.05, 3.63) is 11.9 Å². The first-order chi connectivity index (χ1) is 9.23. The maximum absolute atomic E-state index is 12.4. The van der Waals surface area contributed by atoms with Crippen molar-refractivity contribution < 1.29 is 23.8 Å². The number of allylic oxidation sites excluding steroid dienone is 1. The summed E-state index contributed by atoms with van der Waals surface area (Å²) in [5, 5.41) is 11.6. The van der Waals surface area contributed by atoms with Gasteiger partial charge >= 0.3 is 12.1 Å². The molecule has 1 aliphatic rings. The lowest BCUT2D eigenvalue weighted by molar-refractivity contribution is -0.141. The zero-order valence-electron chi connectivity index (χ0n) is 12.1. The van der Waals surface area contributed by atoms with Crippen LogP contribution in [0.2, 0.25) is 0 Å². The topological polar surface area (TPSA) is 75.6 Å². The summed E-state index contributed by atoms with van der Waals surface area (Å²) >= 11 is 0. The van der Waals surface area contributed by atoms with Gasteiger partial charge in [0.1, 0.15) is 11.6 Å². The van der Waals surface area contributed by atoms with Gasteiger partial charge in [0.25, 0.3) is 0 Å². The van der Waals surface area contributed by atoms with Crippen molar-refractivity contribution in [2.75, 3.05) is 0 Å². The molecule has 0 heterocycles. The van der Waals surface area contributed by atoms with E-state index in [1.54, 1.807) is 20.8 Å². The quantitative estimate of drug-likeness (QED) is 0.836. The Hall–Kier alpha value is -1.59. The number of carbonyl (C=O) groups is 2. The minimum absolute atomic E-state index is 0.205. The van der Waals surface area contributed by atoms with Crippen LogP contribution < -0.4 is 5.32 Å². The number of nitrogens with one attached hydrogen (secondary N) is 1. The van der Waals surface area contributed by atoms with E-state index in [-0.39, 0.29) is 5.92 Å². The van der Waals surface area contributed by atoms with Crippen LogP contribution in [0.5, 0.6) is 0 Å². The molecule has 1 amide bonds.